The maximum atomic E-state index is 3.81. The van der Waals surface area contributed by atoms with Crippen LogP contribution in [0.25, 0.3) is 0 Å². The van der Waals surface area contributed by atoms with Crippen LogP contribution in [0.4, 0.5) is 0 Å². The molecule has 2 unspecified atom stereocenters. The third-order valence-electron chi connectivity index (χ3n) is 5.00. The van der Waals surface area contributed by atoms with E-state index < -0.39 is 0 Å². The van der Waals surface area contributed by atoms with E-state index in [1.807, 2.05) is 0 Å². The van der Waals surface area contributed by atoms with E-state index in [9.17, 15) is 0 Å². The average Bonchev–Trinajstić information content (AvgIpc) is 3.16. The highest BCUT2D eigenvalue weighted by molar-refractivity contribution is 4.92. The number of piperidine rings is 1. The Morgan fingerprint density at radius 3 is 2.56 bits per heavy atom. The second-order valence-corrected chi connectivity index (χ2v) is 6.57. The summed E-state index contributed by atoms with van der Waals surface area (Å²) < 4.78 is 0. The van der Waals surface area contributed by atoms with Crippen LogP contribution in [0.2, 0.25) is 0 Å². The second kappa shape index (κ2) is 5.89. The smallest absolute Gasteiger partial charge is 0.0207 e. The number of hydrogen-bond donors (Lipinski definition) is 1. The molecule has 0 radical (unpaired) electrons. The Morgan fingerprint density at radius 1 is 1.06 bits per heavy atom. The fraction of sp³-hybridized carbons (Fsp3) is 1.00. The molecule has 104 valence electrons. The molecule has 2 heterocycles. The quantitative estimate of drug-likeness (QED) is 0.802. The number of nitrogens with zero attached hydrogens (tertiary/aromatic N) is 2. The molecule has 0 spiro atoms. The Hall–Kier alpha value is -0.120. The van der Waals surface area contributed by atoms with Crippen LogP contribution in [0.5, 0.6) is 0 Å². The van der Waals surface area contributed by atoms with Crippen molar-refractivity contribution in [3.63, 3.8) is 0 Å². The van der Waals surface area contributed by atoms with E-state index in [1.54, 1.807) is 0 Å². The highest BCUT2D eigenvalue weighted by Crippen LogP contribution is 2.29. The van der Waals surface area contributed by atoms with Gasteiger partial charge in [-0.2, -0.15) is 0 Å². The molecule has 1 saturated carbocycles. The van der Waals surface area contributed by atoms with Crippen molar-refractivity contribution in [2.24, 2.45) is 0 Å². The summed E-state index contributed by atoms with van der Waals surface area (Å²) in [6.45, 7) is 8.86. The molecule has 0 aromatic carbocycles. The molecule has 0 bridgehead atoms. The lowest BCUT2D eigenvalue weighted by Gasteiger charge is -2.33. The predicted molar refractivity (Wildman–Crippen MR) is 75.9 cm³/mol. The summed E-state index contributed by atoms with van der Waals surface area (Å²) in [6.07, 6.45) is 8.53. The zero-order valence-electron chi connectivity index (χ0n) is 11.9. The van der Waals surface area contributed by atoms with Crippen LogP contribution in [0.3, 0.4) is 0 Å². The van der Waals surface area contributed by atoms with Gasteiger partial charge in [-0.3, -0.25) is 9.80 Å². The van der Waals surface area contributed by atoms with Gasteiger partial charge in [0.2, 0.25) is 0 Å². The third-order valence-corrected chi connectivity index (χ3v) is 5.00. The summed E-state index contributed by atoms with van der Waals surface area (Å²) in [5.41, 5.74) is 0. The molecule has 0 amide bonds. The standard InChI is InChI=1S/C15H29N3/c1-13(17-8-3-2-4-9-17)11-16-14-7-10-18(12-14)15-5-6-15/h13-16H,2-12H2,1H3. The van der Waals surface area contributed by atoms with Crippen LogP contribution in [0.15, 0.2) is 0 Å². The van der Waals surface area contributed by atoms with Crippen molar-refractivity contribution in [1.29, 1.82) is 0 Å². The molecule has 1 aliphatic carbocycles. The van der Waals surface area contributed by atoms with Crippen LogP contribution in [0.1, 0.15) is 45.4 Å². The van der Waals surface area contributed by atoms with E-state index in [-0.39, 0.29) is 0 Å². The Bertz CT molecular complexity index is 258. The molecular weight excluding hydrogens is 222 g/mol. The first-order valence-corrected chi connectivity index (χ1v) is 8.04. The first kappa shape index (κ1) is 12.9. The molecule has 0 aromatic heterocycles. The van der Waals surface area contributed by atoms with E-state index in [0.29, 0.717) is 0 Å². The minimum atomic E-state index is 0.722. The van der Waals surface area contributed by atoms with Gasteiger partial charge in [-0.1, -0.05) is 6.42 Å². The molecule has 3 aliphatic rings. The van der Waals surface area contributed by atoms with Gasteiger partial charge >= 0.3 is 0 Å². The number of likely N-dealkylation sites (tertiary alicyclic amines) is 2. The number of nitrogens with one attached hydrogen (secondary N) is 1. The van der Waals surface area contributed by atoms with Gasteiger partial charge < -0.3 is 5.32 Å². The van der Waals surface area contributed by atoms with Gasteiger partial charge in [-0.15, -0.1) is 0 Å². The van der Waals surface area contributed by atoms with Gasteiger partial charge in [0.15, 0.2) is 0 Å². The fourth-order valence-corrected chi connectivity index (χ4v) is 3.55. The van der Waals surface area contributed by atoms with Crippen molar-refractivity contribution in [2.75, 3.05) is 32.7 Å². The van der Waals surface area contributed by atoms with Crippen LogP contribution >= 0.6 is 0 Å². The molecule has 3 rings (SSSR count). The van der Waals surface area contributed by atoms with Gasteiger partial charge in [0.05, 0.1) is 0 Å². The summed E-state index contributed by atoms with van der Waals surface area (Å²) in [5, 5.41) is 3.81. The molecule has 3 heteroatoms. The van der Waals surface area contributed by atoms with E-state index in [0.717, 1.165) is 18.1 Å². The van der Waals surface area contributed by atoms with Gasteiger partial charge in [0.25, 0.3) is 0 Å². The van der Waals surface area contributed by atoms with Crippen molar-refractivity contribution in [1.82, 2.24) is 15.1 Å². The Kier molecular flexibility index (Phi) is 4.22. The SMILES string of the molecule is CC(CNC1CCN(C2CC2)C1)N1CCCCC1. The first-order valence-electron chi connectivity index (χ1n) is 8.04. The van der Waals surface area contributed by atoms with Crippen LogP contribution in [-0.4, -0.2) is 60.6 Å². The van der Waals surface area contributed by atoms with E-state index in [1.165, 1.54) is 71.2 Å². The zero-order chi connectivity index (χ0) is 12.4. The maximum absolute atomic E-state index is 3.81. The maximum Gasteiger partial charge on any atom is 0.0207 e. The summed E-state index contributed by atoms with van der Waals surface area (Å²) in [5.74, 6) is 0. The fourth-order valence-electron chi connectivity index (χ4n) is 3.55. The van der Waals surface area contributed by atoms with Crippen molar-refractivity contribution >= 4 is 0 Å². The van der Waals surface area contributed by atoms with Crippen molar-refractivity contribution in [3.05, 3.63) is 0 Å². The number of hydrogen-bond acceptors (Lipinski definition) is 3. The summed E-state index contributed by atoms with van der Waals surface area (Å²) in [6, 6.07) is 2.44. The lowest BCUT2D eigenvalue weighted by atomic mass is 10.1. The molecule has 1 N–H and O–H groups in total. The molecule has 3 fully saturated rings. The van der Waals surface area contributed by atoms with Gasteiger partial charge in [0.1, 0.15) is 0 Å². The molecule has 18 heavy (non-hydrogen) atoms. The first-order chi connectivity index (χ1) is 8.83. The third kappa shape index (κ3) is 3.25. The van der Waals surface area contributed by atoms with E-state index in [2.05, 4.69) is 22.0 Å². The summed E-state index contributed by atoms with van der Waals surface area (Å²) >= 11 is 0. The van der Waals surface area contributed by atoms with Crippen LogP contribution in [0, 0.1) is 0 Å². The predicted octanol–water partition coefficient (Wildman–Crippen LogP) is 1.69. The molecular formula is C15H29N3. The summed E-state index contributed by atoms with van der Waals surface area (Å²) in [4.78, 5) is 5.37. The number of rotatable bonds is 5. The molecule has 2 atom stereocenters. The second-order valence-electron chi connectivity index (χ2n) is 6.57. The highest BCUT2D eigenvalue weighted by Gasteiger charge is 2.34. The molecule has 3 nitrogen and oxygen atoms in total. The van der Waals surface area contributed by atoms with Crippen molar-refractivity contribution < 1.29 is 0 Å². The zero-order valence-corrected chi connectivity index (χ0v) is 11.9. The Balaban J connectivity index is 1.35. The summed E-state index contributed by atoms with van der Waals surface area (Å²) in [7, 11) is 0. The van der Waals surface area contributed by atoms with Crippen LogP contribution in [-0.2, 0) is 0 Å². The topological polar surface area (TPSA) is 18.5 Å². The minimum absolute atomic E-state index is 0.722. The average molecular weight is 251 g/mol. The Labute approximate surface area is 112 Å². The normalized spacial score (nSPS) is 32.8. The molecule has 2 aliphatic heterocycles. The molecule has 0 aromatic rings. The van der Waals surface area contributed by atoms with Crippen molar-refractivity contribution in [2.45, 2.75) is 63.6 Å². The van der Waals surface area contributed by atoms with E-state index in [4.69, 9.17) is 0 Å². The van der Waals surface area contributed by atoms with Gasteiger partial charge in [0, 0.05) is 37.8 Å². The largest absolute Gasteiger partial charge is 0.311 e. The van der Waals surface area contributed by atoms with E-state index >= 15 is 0 Å². The van der Waals surface area contributed by atoms with Crippen LogP contribution < -0.4 is 5.32 Å². The lowest BCUT2D eigenvalue weighted by Crippen LogP contribution is -2.46. The molecule has 2 saturated heterocycles. The van der Waals surface area contributed by atoms with Gasteiger partial charge in [-0.25, -0.2) is 0 Å². The lowest BCUT2D eigenvalue weighted by molar-refractivity contribution is 0.168. The Morgan fingerprint density at radius 2 is 1.83 bits per heavy atom. The monoisotopic (exact) mass is 251 g/mol. The minimum Gasteiger partial charge on any atom is -0.311 e. The highest BCUT2D eigenvalue weighted by atomic mass is 15.2. The van der Waals surface area contributed by atoms with Gasteiger partial charge in [-0.05, 0) is 52.1 Å². The van der Waals surface area contributed by atoms with Crippen molar-refractivity contribution in [3.8, 4) is 0 Å².